The van der Waals surface area contributed by atoms with Gasteiger partial charge in [0.1, 0.15) is 11.9 Å². The lowest BCUT2D eigenvalue weighted by atomic mass is 9.92. The van der Waals surface area contributed by atoms with Crippen LogP contribution >= 0.6 is 0 Å². The third kappa shape index (κ3) is 4.23. The van der Waals surface area contributed by atoms with E-state index in [0.29, 0.717) is 25.2 Å². The van der Waals surface area contributed by atoms with E-state index in [2.05, 4.69) is 12.2 Å². The van der Waals surface area contributed by atoms with Gasteiger partial charge in [-0.25, -0.2) is 0 Å². The molecular weight excluding hydrogens is 358 g/mol. The molecule has 1 saturated carbocycles. The molecule has 1 N–H and O–H groups in total. The molecular formula is C22H29NO5. The second-order valence-electron chi connectivity index (χ2n) is 8.24. The second-order valence-corrected chi connectivity index (χ2v) is 8.24. The van der Waals surface area contributed by atoms with Gasteiger partial charge in [-0.2, -0.15) is 0 Å². The fourth-order valence-corrected chi connectivity index (χ4v) is 3.94. The van der Waals surface area contributed by atoms with Crippen molar-refractivity contribution in [2.24, 2.45) is 11.8 Å². The van der Waals surface area contributed by atoms with E-state index in [1.54, 1.807) is 0 Å². The summed E-state index contributed by atoms with van der Waals surface area (Å²) in [4.78, 5) is 24.9. The first-order chi connectivity index (χ1) is 13.5. The minimum Gasteiger partial charge on any atom is -0.491 e. The van der Waals surface area contributed by atoms with E-state index < -0.39 is 0 Å². The van der Waals surface area contributed by atoms with Crippen molar-refractivity contribution >= 4 is 11.7 Å². The zero-order valence-corrected chi connectivity index (χ0v) is 16.6. The third-order valence-electron chi connectivity index (χ3n) is 5.95. The molecule has 0 spiro atoms. The van der Waals surface area contributed by atoms with Crippen LogP contribution in [0.3, 0.4) is 0 Å². The Balaban J connectivity index is 1.34. The molecule has 2 saturated heterocycles. The molecule has 4 rings (SSSR count). The summed E-state index contributed by atoms with van der Waals surface area (Å²) in [6.45, 7) is 5.02. The summed E-state index contributed by atoms with van der Waals surface area (Å²) in [6, 6.07) is 7.27. The minimum atomic E-state index is -0.152. The monoisotopic (exact) mass is 387 g/mol. The van der Waals surface area contributed by atoms with Gasteiger partial charge in [-0.05, 0) is 38.3 Å². The van der Waals surface area contributed by atoms with Crippen molar-refractivity contribution in [3.8, 4) is 5.75 Å². The molecule has 1 aliphatic carbocycles. The first-order valence-corrected chi connectivity index (χ1v) is 10.4. The highest BCUT2D eigenvalue weighted by atomic mass is 16.6. The molecule has 1 unspecified atom stereocenters. The molecule has 1 amide bonds. The highest BCUT2D eigenvalue weighted by Crippen LogP contribution is 2.35. The van der Waals surface area contributed by atoms with Crippen LogP contribution in [0.15, 0.2) is 24.3 Å². The Kier molecular flexibility index (Phi) is 5.69. The fraction of sp³-hybridized carbons (Fsp3) is 0.636. The molecule has 0 bridgehead atoms. The van der Waals surface area contributed by atoms with Crippen molar-refractivity contribution in [3.63, 3.8) is 0 Å². The van der Waals surface area contributed by atoms with E-state index in [0.717, 1.165) is 25.0 Å². The maximum absolute atomic E-state index is 12.8. The topological polar surface area (TPSA) is 73.9 Å². The minimum absolute atomic E-state index is 0.0134. The maximum Gasteiger partial charge on any atom is 0.223 e. The van der Waals surface area contributed by atoms with E-state index in [-0.39, 0.29) is 47.9 Å². The largest absolute Gasteiger partial charge is 0.491 e. The average Bonchev–Trinajstić information content (AvgIpc) is 3.37. The number of hydrogen-bond acceptors (Lipinski definition) is 5. The number of ether oxygens (including phenoxy) is 3. The van der Waals surface area contributed by atoms with Crippen molar-refractivity contribution in [1.82, 2.24) is 5.32 Å². The van der Waals surface area contributed by atoms with Crippen LogP contribution in [0.4, 0.5) is 0 Å². The molecule has 3 fully saturated rings. The van der Waals surface area contributed by atoms with Crippen LogP contribution in [0.5, 0.6) is 5.75 Å². The molecule has 1 aromatic rings. The van der Waals surface area contributed by atoms with Crippen LogP contribution in [-0.2, 0) is 14.3 Å². The summed E-state index contributed by atoms with van der Waals surface area (Å²) >= 11 is 0. The van der Waals surface area contributed by atoms with Gasteiger partial charge in [-0.15, -0.1) is 0 Å². The third-order valence-corrected chi connectivity index (χ3v) is 5.95. The molecule has 0 radical (unpaired) electrons. The lowest BCUT2D eigenvalue weighted by molar-refractivity contribution is -0.123. The van der Waals surface area contributed by atoms with Crippen molar-refractivity contribution in [1.29, 1.82) is 0 Å². The summed E-state index contributed by atoms with van der Waals surface area (Å²) in [7, 11) is 0. The number of ketones is 1. The van der Waals surface area contributed by atoms with Gasteiger partial charge in [0, 0.05) is 23.8 Å². The van der Waals surface area contributed by atoms with Crippen LogP contribution in [0.2, 0.25) is 0 Å². The fourth-order valence-electron chi connectivity index (χ4n) is 3.94. The number of amides is 1. The smallest absolute Gasteiger partial charge is 0.223 e. The van der Waals surface area contributed by atoms with Gasteiger partial charge in [0.05, 0.1) is 31.5 Å². The van der Waals surface area contributed by atoms with Crippen molar-refractivity contribution in [2.45, 2.75) is 63.9 Å². The van der Waals surface area contributed by atoms with Crippen LogP contribution in [-0.4, -0.2) is 49.3 Å². The SMILES string of the molecule is CCC(C)Oc1cccc(C(=O)C[C@H]2CO[C@H]3[C@@H]2OC[C@@H]3NC(=O)C2CC2)c1. The Morgan fingerprint density at radius 3 is 2.75 bits per heavy atom. The van der Waals surface area contributed by atoms with Crippen LogP contribution in [0.25, 0.3) is 0 Å². The number of carbonyl (C=O) groups excluding carboxylic acids is 2. The van der Waals surface area contributed by atoms with Crippen molar-refractivity contribution in [2.75, 3.05) is 13.2 Å². The maximum atomic E-state index is 12.8. The summed E-state index contributed by atoms with van der Waals surface area (Å²) in [5.41, 5.74) is 0.654. The zero-order valence-electron chi connectivity index (χ0n) is 16.6. The van der Waals surface area contributed by atoms with Gasteiger partial charge in [-0.3, -0.25) is 9.59 Å². The molecule has 152 valence electrons. The van der Waals surface area contributed by atoms with Gasteiger partial charge in [0.15, 0.2) is 5.78 Å². The van der Waals surface area contributed by atoms with E-state index >= 15 is 0 Å². The van der Waals surface area contributed by atoms with Gasteiger partial charge < -0.3 is 19.5 Å². The molecule has 0 aromatic heterocycles. The lowest BCUT2D eigenvalue weighted by Gasteiger charge is -2.18. The molecule has 5 atom stereocenters. The normalized spacial score (nSPS) is 29.9. The van der Waals surface area contributed by atoms with Crippen LogP contribution in [0.1, 0.15) is 49.9 Å². The van der Waals surface area contributed by atoms with E-state index in [1.807, 2.05) is 31.2 Å². The highest BCUT2D eigenvalue weighted by Gasteiger charge is 2.49. The van der Waals surface area contributed by atoms with Crippen LogP contribution in [0, 0.1) is 11.8 Å². The number of carbonyl (C=O) groups is 2. The number of nitrogens with one attached hydrogen (secondary N) is 1. The van der Waals surface area contributed by atoms with Gasteiger partial charge in [0.25, 0.3) is 0 Å². The van der Waals surface area contributed by atoms with E-state index in [1.165, 1.54) is 0 Å². The molecule has 28 heavy (non-hydrogen) atoms. The average molecular weight is 387 g/mol. The first-order valence-electron chi connectivity index (χ1n) is 10.4. The Hall–Kier alpha value is -1.92. The first kappa shape index (κ1) is 19.4. The standard InChI is InChI=1S/C22H29NO5/c1-3-13(2)28-17-6-4-5-15(9-17)19(24)10-16-11-26-21-18(12-27-20(16)21)23-22(25)14-7-8-14/h4-6,9,13-14,16,18,20-21H,3,7-8,10-12H2,1-2H3,(H,23,25)/t13?,16-,18-,20+,21+/m0/s1. The Morgan fingerprint density at radius 1 is 1.21 bits per heavy atom. The predicted molar refractivity (Wildman–Crippen MR) is 103 cm³/mol. The molecule has 1 aromatic carbocycles. The van der Waals surface area contributed by atoms with Crippen molar-refractivity contribution in [3.05, 3.63) is 29.8 Å². The zero-order chi connectivity index (χ0) is 19.7. The Morgan fingerprint density at radius 2 is 2.00 bits per heavy atom. The van der Waals surface area contributed by atoms with E-state index in [9.17, 15) is 9.59 Å². The summed E-state index contributed by atoms with van der Waals surface area (Å²) < 4.78 is 17.7. The quantitative estimate of drug-likeness (QED) is 0.695. The van der Waals surface area contributed by atoms with Crippen molar-refractivity contribution < 1.29 is 23.8 Å². The molecule has 2 aliphatic heterocycles. The van der Waals surface area contributed by atoms with E-state index in [4.69, 9.17) is 14.2 Å². The molecule has 2 heterocycles. The Labute approximate surface area is 165 Å². The summed E-state index contributed by atoms with van der Waals surface area (Å²) in [6.07, 6.45) is 3.07. The number of hydrogen-bond donors (Lipinski definition) is 1. The number of rotatable bonds is 8. The molecule has 6 heteroatoms. The molecule has 6 nitrogen and oxygen atoms in total. The summed E-state index contributed by atoms with van der Waals surface area (Å²) in [5, 5.41) is 3.06. The highest BCUT2D eigenvalue weighted by molar-refractivity contribution is 5.96. The number of Topliss-reactive ketones (excluding diaryl/α,β-unsaturated/α-hetero) is 1. The van der Waals surface area contributed by atoms with Gasteiger partial charge in [0.2, 0.25) is 5.91 Å². The molecule has 3 aliphatic rings. The number of fused-ring (bicyclic) bond motifs is 1. The summed E-state index contributed by atoms with van der Waals surface area (Å²) in [5.74, 6) is 1.08. The van der Waals surface area contributed by atoms with Gasteiger partial charge >= 0.3 is 0 Å². The number of benzene rings is 1. The van der Waals surface area contributed by atoms with Gasteiger partial charge in [-0.1, -0.05) is 19.1 Å². The van der Waals surface area contributed by atoms with Crippen LogP contribution < -0.4 is 10.1 Å². The second kappa shape index (κ2) is 8.21. The lowest BCUT2D eigenvalue weighted by Crippen LogP contribution is -2.44. The predicted octanol–water partition coefficient (Wildman–Crippen LogP) is 2.75. The Bertz CT molecular complexity index is 731.